The van der Waals surface area contributed by atoms with Gasteiger partial charge in [0.25, 0.3) is 0 Å². The molecule has 1 rings (SSSR count). The van der Waals surface area contributed by atoms with Crippen molar-refractivity contribution in [1.82, 2.24) is 0 Å². The Morgan fingerprint density at radius 3 is 2.81 bits per heavy atom. The molecule has 0 saturated carbocycles. The number of hydrogen-bond acceptors (Lipinski definition) is 2. The Morgan fingerprint density at radius 1 is 1.44 bits per heavy atom. The second-order valence-electron chi connectivity index (χ2n) is 4.24. The maximum absolute atomic E-state index is 10.8. The average molecular weight is 238 g/mol. The highest BCUT2D eigenvalue weighted by atomic mass is 32.2. The number of benzene rings is 1. The maximum Gasteiger partial charge on any atom is 0.335 e. The van der Waals surface area contributed by atoms with Gasteiger partial charge in [-0.3, -0.25) is 0 Å². The summed E-state index contributed by atoms with van der Waals surface area (Å²) < 4.78 is 0. The van der Waals surface area contributed by atoms with Gasteiger partial charge in [-0.05, 0) is 35.8 Å². The van der Waals surface area contributed by atoms with E-state index in [-0.39, 0.29) is 0 Å². The van der Waals surface area contributed by atoms with Crippen LogP contribution < -0.4 is 0 Å². The van der Waals surface area contributed by atoms with Crippen molar-refractivity contribution in [3.8, 4) is 0 Å². The fourth-order valence-electron chi connectivity index (χ4n) is 1.30. The zero-order valence-corrected chi connectivity index (χ0v) is 10.6. The van der Waals surface area contributed by atoms with Crippen LogP contribution in [-0.4, -0.2) is 16.8 Å². The molecule has 0 unspecified atom stereocenters. The van der Waals surface area contributed by atoms with Crippen molar-refractivity contribution in [2.24, 2.45) is 5.92 Å². The highest BCUT2D eigenvalue weighted by Gasteiger charge is 2.03. The van der Waals surface area contributed by atoms with E-state index in [9.17, 15) is 4.79 Å². The molecular formula is C13H18O2S. The van der Waals surface area contributed by atoms with Crippen LogP contribution in [0, 0.1) is 5.92 Å². The molecule has 0 aliphatic rings. The van der Waals surface area contributed by atoms with E-state index < -0.39 is 5.97 Å². The predicted octanol–water partition coefficient (Wildman–Crippen LogP) is 3.66. The molecule has 0 atom stereocenters. The topological polar surface area (TPSA) is 37.3 Å². The summed E-state index contributed by atoms with van der Waals surface area (Å²) in [6, 6.07) is 7.17. The average Bonchev–Trinajstić information content (AvgIpc) is 2.24. The third-order valence-electron chi connectivity index (χ3n) is 2.28. The summed E-state index contributed by atoms with van der Waals surface area (Å²) in [4.78, 5) is 10.8. The summed E-state index contributed by atoms with van der Waals surface area (Å²) in [5.74, 6) is 1.91. The Labute approximate surface area is 101 Å². The van der Waals surface area contributed by atoms with Gasteiger partial charge in [-0.1, -0.05) is 26.0 Å². The van der Waals surface area contributed by atoms with Crippen LogP contribution in [0.1, 0.15) is 36.2 Å². The number of carboxylic acid groups (broad SMARTS) is 1. The molecule has 0 spiro atoms. The number of aromatic carboxylic acids is 1. The van der Waals surface area contributed by atoms with Crippen LogP contribution in [0.15, 0.2) is 24.3 Å². The van der Waals surface area contributed by atoms with Gasteiger partial charge in [-0.25, -0.2) is 4.79 Å². The van der Waals surface area contributed by atoms with E-state index in [2.05, 4.69) is 13.8 Å². The van der Waals surface area contributed by atoms with Gasteiger partial charge in [0.15, 0.2) is 0 Å². The molecule has 1 aromatic rings. The summed E-state index contributed by atoms with van der Waals surface area (Å²) >= 11 is 1.86. The fourth-order valence-corrected chi connectivity index (χ4v) is 2.50. The third-order valence-corrected chi connectivity index (χ3v) is 3.34. The van der Waals surface area contributed by atoms with Crippen LogP contribution in [0.25, 0.3) is 0 Å². The van der Waals surface area contributed by atoms with Crippen molar-refractivity contribution in [1.29, 1.82) is 0 Å². The number of hydrogen-bond donors (Lipinski definition) is 1. The molecular weight excluding hydrogens is 220 g/mol. The summed E-state index contributed by atoms with van der Waals surface area (Å²) in [5, 5.41) is 8.85. The van der Waals surface area contributed by atoms with Gasteiger partial charge in [0.2, 0.25) is 0 Å². The zero-order chi connectivity index (χ0) is 12.0. The largest absolute Gasteiger partial charge is 0.478 e. The molecule has 16 heavy (non-hydrogen) atoms. The van der Waals surface area contributed by atoms with Crippen LogP contribution in [0.2, 0.25) is 0 Å². The van der Waals surface area contributed by atoms with Crippen molar-refractivity contribution < 1.29 is 9.90 Å². The van der Waals surface area contributed by atoms with E-state index >= 15 is 0 Å². The second kappa shape index (κ2) is 6.59. The summed E-state index contributed by atoms with van der Waals surface area (Å²) in [6.45, 7) is 4.43. The third kappa shape index (κ3) is 4.71. The Balaban J connectivity index is 2.42. The van der Waals surface area contributed by atoms with Crippen LogP contribution in [0.4, 0.5) is 0 Å². The molecule has 0 saturated heterocycles. The second-order valence-corrected chi connectivity index (χ2v) is 5.35. The van der Waals surface area contributed by atoms with Crippen molar-refractivity contribution in [2.75, 3.05) is 5.75 Å². The molecule has 0 fully saturated rings. The van der Waals surface area contributed by atoms with Gasteiger partial charge >= 0.3 is 5.97 Å². The van der Waals surface area contributed by atoms with Crippen LogP contribution in [0.3, 0.4) is 0 Å². The predicted molar refractivity (Wildman–Crippen MR) is 69.0 cm³/mol. The summed E-state index contributed by atoms with van der Waals surface area (Å²) in [6.07, 6.45) is 1.21. The molecule has 0 bridgehead atoms. The van der Waals surface area contributed by atoms with E-state index in [1.54, 1.807) is 12.1 Å². The van der Waals surface area contributed by atoms with E-state index in [0.29, 0.717) is 5.56 Å². The fraction of sp³-hybridized carbons (Fsp3) is 0.462. The Kier molecular flexibility index (Phi) is 5.39. The van der Waals surface area contributed by atoms with Crippen molar-refractivity contribution in [3.05, 3.63) is 35.4 Å². The molecule has 0 aliphatic heterocycles. The van der Waals surface area contributed by atoms with E-state index in [0.717, 1.165) is 23.0 Å². The van der Waals surface area contributed by atoms with Crippen LogP contribution >= 0.6 is 11.8 Å². The molecule has 1 aromatic carbocycles. The quantitative estimate of drug-likeness (QED) is 0.768. The van der Waals surface area contributed by atoms with Crippen LogP contribution in [0.5, 0.6) is 0 Å². The summed E-state index contributed by atoms with van der Waals surface area (Å²) in [5.41, 5.74) is 1.47. The molecule has 88 valence electrons. The number of carbonyl (C=O) groups is 1. The molecule has 2 nitrogen and oxygen atoms in total. The minimum Gasteiger partial charge on any atom is -0.478 e. The van der Waals surface area contributed by atoms with Crippen molar-refractivity contribution in [2.45, 2.75) is 26.0 Å². The van der Waals surface area contributed by atoms with Gasteiger partial charge in [0.1, 0.15) is 0 Å². The van der Waals surface area contributed by atoms with Gasteiger partial charge in [-0.2, -0.15) is 11.8 Å². The van der Waals surface area contributed by atoms with E-state index in [4.69, 9.17) is 5.11 Å². The van der Waals surface area contributed by atoms with Crippen molar-refractivity contribution in [3.63, 3.8) is 0 Å². The lowest BCUT2D eigenvalue weighted by Gasteiger charge is -2.05. The first-order valence-corrected chi connectivity index (χ1v) is 6.65. The van der Waals surface area contributed by atoms with Gasteiger partial charge in [0.05, 0.1) is 5.56 Å². The molecule has 3 heteroatoms. The number of rotatable bonds is 6. The first-order chi connectivity index (χ1) is 7.59. The number of carboxylic acids is 1. The summed E-state index contributed by atoms with van der Waals surface area (Å²) in [7, 11) is 0. The van der Waals surface area contributed by atoms with Gasteiger partial charge in [-0.15, -0.1) is 0 Å². The normalized spacial score (nSPS) is 10.7. The highest BCUT2D eigenvalue weighted by molar-refractivity contribution is 7.98. The number of thioether (sulfide) groups is 1. The lowest BCUT2D eigenvalue weighted by atomic mass is 10.1. The standard InChI is InChI=1S/C13H18O2S/c1-10(2)6-7-16-9-11-4-3-5-12(8-11)13(14)15/h3-5,8,10H,6-7,9H2,1-2H3,(H,14,15). The minimum atomic E-state index is -0.853. The molecule has 0 aromatic heterocycles. The Hall–Kier alpha value is -0.960. The van der Waals surface area contributed by atoms with E-state index in [1.165, 1.54) is 6.42 Å². The van der Waals surface area contributed by atoms with Gasteiger partial charge < -0.3 is 5.11 Å². The lowest BCUT2D eigenvalue weighted by Crippen LogP contribution is -1.97. The molecule has 0 radical (unpaired) electrons. The highest BCUT2D eigenvalue weighted by Crippen LogP contribution is 2.16. The monoisotopic (exact) mass is 238 g/mol. The SMILES string of the molecule is CC(C)CCSCc1cccc(C(=O)O)c1. The first-order valence-electron chi connectivity index (χ1n) is 5.49. The molecule has 0 amide bonds. The van der Waals surface area contributed by atoms with Crippen molar-refractivity contribution >= 4 is 17.7 Å². The van der Waals surface area contributed by atoms with Gasteiger partial charge in [0, 0.05) is 5.75 Å². The Morgan fingerprint density at radius 2 is 2.19 bits per heavy atom. The zero-order valence-electron chi connectivity index (χ0n) is 9.77. The minimum absolute atomic E-state index is 0.377. The smallest absolute Gasteiger partial charge is 0.335 e. The molecule has 0 heterocycles. The lowest BCUT2D eigenvalue weighted by molar-refractivity contribution is 0.0697. The first kappa shape index (κ1) is 13.1. The molecule has 1 N–H and O–H groups in total. The van der Waals surface area contributed by atoms with Crippen LogP contribution in [-0.2, 0) is 5.75 Å². The Bertz CT molecular complexity index is 348. The maximum atomic E-state index is 10.8. The van der Waals surface area contributed by atoms with E-state index in [1.807, 2.05) is 23.9 Å². The molecule has 0 aliphatic carbocycles.